The zero-order chi connectivity index (χ0) is 18.4. The fourth-order valence-corrected chi connectivity index (χ4v) is 1.23. The average Bonchev–Trinajstić information content (AvgIpc) is 2.23. The molecular weight excluding hydrogens is 384 g/mol. The van der Waals surface area contributed by atoms with Gasteiger partial charge < -0.3 is 9.29 Å². The molecule has 0 saturated heterocycles. The van der Waals surface area contributed by atoms with Crippen LogP contribution in [0.15, 0.2) is 0 Å². The SMILES string of the molecule is O=S(=O)([O-])C(F)(F)C(F)(F)C(F)(F)C(F)(F)OCC(F)(F)F.[Li+]. The number of rotatable bonds is 6. The number of ether oxygens (including phenoxy) is 1. The van der Waals surface area contributed by atoms with E-state index in [0.717, 1.165) is 0 Å². The van der Waals surface area contributed by atoms with Crippen LogP contribution in [0, 0.1) is 0 Å². The van der Waals surface area contributed by atoms with Gasteiger partial charge in [0.15, 0.2) is 10.1 Å². The molecule has 0 unspecified atom stereocenters. The fourth-order valence-electron chi connectivity index (χ4n) is 0.786. The minimum atomic E-state index is -7.57. The van der Waals surface area contributed by atoms with Gasteiger partial charge in [-0.25, -0.2) is 8.42 Å². The van der Waals surface area contributed by atoms with Crippen LogP contribution in [0.3, 0.4) is 0 Å². The third-order valence-electron chi connectivity index (χ3n) is 1.86. The van der Waals surface area contributed by atoms with Crippen LogP contribution in [0.25, 0.3) is 0 Å². The Morgan fingerprint density at radius 2 is 1.13 bits per heavy atom. The minimum absolute atomic E-state index is 0. The number of alkyl halides is 11. The van der Waals surface area contributed by atoms with Crippen molar-refractivity contribution < 1.29 is 84.9 Å². The van der Waals surface area contributed by atoms with E-state index in [4.69, 9.17) is 0 Å². The summed E-state index contributed by atoms with van der Waals surface area (Å²) in [6.07, 6.45) is -12.6. The van der Waals surface area contributed by atoms with Gasteiger partial charge in [0.25, 0.3) is 0 Å². The molecule has 0 aromatic heterocycles. The molecule has 0 rings (SSSR count). The Labute approximate surface area is 131 Å². The van der Waals surface area contributed by atoms with Crippen LogP contribution < -0.4 is 18.9 Å². The van der Waals surface area contributed by atoms with Gasteiger partial charge in [-0.05, 0) is 0 Å². The number of hydrogen-bond acceptors (Lipinski definition) is 4. The van der Waals surface area contributed by atoms with Crippen molar-refractivity contribution in [2.24, 2.45) is 0 Å². The summed E-state index contributed by atoms with van der Waals surface area (Å²) in [5.74, 6) is -15.0. The van der Waals surface area contributed by atoms with Gasteiger partial charge in [0.1, 0.15) is 6.61 Å². The molecule has 0 spiro atoms. The fraction of sp³-hybridized carbons (Fsp3) is 1.00. The molecule has 17 heteroatoms. The molecule has 0 heterocycles. The summed E-state index contributed by atoms with van der Waals surface area (Å²) in [4.78, 5) is 0. The van der Waals surface area contributed by atoms with E-state index in [1.807, 2.05) is 0 Å². The van der Waals surface area contributed by atoms with Gasteiger partial charge >= 0.3 is 48.2 Å². The van der Waals surface area contributed by atoms with E-state index in [1.165, 1.54) is 0 Å². The molecule has 0 aromatic rings. The third-order valence-corrected chi connectivity index (χ3v) is 2.74. The summed E-state index contributed by atoms with van der Waals surface area (Å²) in [7, 11) is -7.57. The zero-order valence-corrected chi connectivity index (χ0v) is 11.2. The maximum atomic E-state index is 12.7. The molecule has 0 N–H and O–H groups in total. The van der Waals surface area contributed by atoms with Gasteiger partial charge in [-0.2, -0.15) is 48.3 Å². The van der Waals surface area contributed by atoms with Crippen LogP contribution in [0.4, 0.5) is 48.3 Å². The second-order valence-corrected chi connectivity index (χ2v) is 4.96. The van der Waals surface area contributed by atoms with Crippen molar-refractivity contribution in [3.05, 3.63) is 0 Å². The maximum Gasteiger partial charge on any atom is 1.00 e. The van der Waals surface area contributed by atoms with E-state index in [0.29, 0.717) is 0 Å². The Morgan fingerprint density at radius 3 is 1.39 bits per heavy atom. The summed E-state index contributed by atoms with van der Waals surface area (Å²) in [6.45, 7) is -3.25. The van der Waals surface area contributed by atoms with E-state index in [-0.39, 0.29) is 18.9 Å². The van der Waals surface area contributed by atoms with Crippen molar-refractivity contribution in [3.63, 3.8) is 0 Å². The molecule has 0 amide bonds. The average molecular weight is 386 g/mol. The Morgan fingerprint density at radius 1 is 0.783 bits per heavy atom. The summed E-state index contributed by atoms with van der Waals surface area (Å²) in [6, 6.07) is 0. The maximum absolute atomic E-state index is 12.7. The normalized spacial score (nSPS) is 15.3. The monoisotopic (exact) mass is 386 g/mol. The van der Waals surface area contributed by atoms with E-state index in [1.54, 1.807) is 0 Å². The van der Waals surface area contributed by atoms with E-state index in [2.05, 4.69) is 4.74 Å². The van der Waals surface area contributed by atoms with Crippen molar-refractivity contribution >= 4 is 10.1 Å². The first-order valence-corrected chi connectivity index (χ1v) is 5.79. The number of hydrogen-bond donors (Lipinski definition) is 0. The molecule has 134 valence electrons. The predicted molar refractivity (Wildman–Crippen MR) is 41.5 cm³/mol. The van der Waals surface area contributed by atoms with E-state index < -0.39 is 46.1 Å². The number of halogens is 11. The first-order valence-electron chi connectivity index (χ1n) is 4.38. The Bertz CT molecular complexity index is 513. The summed E-state index contributed by atoms with van der Waals surface area (Å²) in [5, 5.41) is -7.26. The quantitative estimate of drug-likeness (QED) is 0.353. The summed E-state index contributed by atoms with van der Waals surface area (Å²) in [5.41, 5.74) is 0. The van der Waals surface area contributed by atoms with E-state index in [9.17, 15) is 61.3 Å². The van der Waals surface area contributed by atoms with Crippen LogP contribution in [-0.2, 0) is 14.9 Å². The van der Waals surface area contributed by atoms with Gasteiger partial charge in [0, 0.05) is 0 Å². The largest absolute Gasteiger partial charge is 1.00 e. The Hall–Kier alpha value is -0.303. The molecule has 0 aliphatic heterocycles. The van der Waals surface area contributed by atoms with Crippen LogP contribution in [0.5, 0.6) is 0 Å². The van der Waals surface area contributed by atoms with Gasteiger partial charge in [0.05, 0.1) is 0 Å². The topological polar surface area (TPSA) is 66.4 Å². The predicted octanol–water partition coefficient (Wildman–Crippen LogP) is -0.429. The summed E-state index contributed by atoms with van der Waals surface area (Å²) < 4.78 is 167. The van der Waals surface area contributed by atoms with Gasteiger partial charge in [-0.1, -0.05) is 0 Å². The van der Waals surface area contributed by atoms with Crippen LogP contribution >= 0.6 is 0 Å². The van der Waals surface area contributed by atoms with Crippen molar-refractivity contribution in [1.82, 2.24) is 0 Å². The Balaban J connectivity index is 0. The van der Waals surface area contributed by atoms with Crippen LogP contribution in [-0.4, -0.2) is 49.0 Å². The smallest absolute Gasteiger partial charge is 0.743 e. The third kappa shape index (κ3) is 4.62. The molecular formula is C6H2F11LiO4S. The molecule has 0 saturated carbocycles. The van der Waals surface area contributed by atoms with Crippen molar-refractivity contribution in [1.29, 1.82) is 0 Å². The second kappa shape index (κ2) is 6.54. The second-order valence-electron chi connectivity index (χ2n) is 3.54. The Kier molecular flexibility index (Phi) is 7.09. The molecule has 23 heavy (non-hydrogen) atoms. The van der Waals surface area contributed by atoms with Crippen LogP contribution in [0.1, 0.15) is 0 Å². The first kappa shape index (κ1) is 24.9. The summed E-state index contributed by atoms with van der Waals surface area (Å²) >= 11 is 0. The molecule has 0 aliphatic rings. The molecule has 0 radical (unpaired) electrons. The first-order chi connectivity index (χ1) is 9.21. The van der Waals surface area contributed by atoms with Crippen molar-refractivity contribution in [3.8, 4) is 0 Å². The molecule has 0 atom stereocenters. The molecule has 0 aromatic carbocycles. The van der Waals surface area contributed by atoms with E-state index >= 15 is 0 Å². The zero-order valence-electron chi connectivity index (χ0n) is 10.4. The minimum Gasteiger partial charge on any atom is -0.743 e. The van der Waals surface area contributed by atoms with Crippen molar-refractivity contribution in [2.75, 3.05) is 6.61 Å². The standard InChI is InChI=1S/C6H3F11O4S.Li/c7-2(8,9)1-21-5(14,15)3(10,11)4(12,13)6(16,17)22(18,19)20;/h1H2,(H,18,19,20);/q;+1/p-1. The molecule has 0 bridgehead atoms. The molecule has 4 nitrogen and oxygen atoms in total. The van der Waals surface area contributed by atoms with Crippen LogP contribution in [0.2, 0.25) is 0 Å². The molecule has 0 aliphatic carbocycles. The van der Waals surface area contributed by atoms with Crippen molar-refractivity contribution in [2.45, 2.75) is 29.4 Å². The van der Waals surface area contributed by atoms with Gasteiger partial charge in [-0.15, -0.1) is 0 Å². The van der Waals surface area contributed by atoms with Gasteiger partial charge in [0.2, 0.25) is 0 Å². The molecule has 0 fully saturated rings. The van der Waals surface area contributed by atoms with Gasteiger partial charge in [-0.3, -0.25) is 0 Å².